The lowest BCUT2D eigenvalue weighted by Crippen LogP contribution is -2.54. The zero-order valence-corrected chi connectivity index (χ0v) is 21.1. The minimum Gasteiger partial charge on any atom is -0.790 e. The first kappa shape index (κ1) is 25.5. The molecule has 0 aromatic carbocycles. The fraction of sp³-hybridized carbons (Fsp3) is 0.846. The highest BCUT2D eigenvalue weighted by Gasteiger charge is 2.61. The van der Waals surface area contributed by atoms with E-state index >= 15 is 0 Å². The molecule has 4 saturated carbocycles. The molecule has 8 atom stereocenters. The zero-order valence-electron chi connectivity index (χ0n) is 20.3. The summed E-state index contributed by atoms with van der Waals surface area (Å²) in [6, 6.07) is -1.22. The van der Waals surface area contributed by atoms with E-state index in [9.17, 15) is 24.3 Å². The molecule has 0 aliphatic heterocycles. The molecule has 34 heavy (non-hydrogen) atoms. The Morgan fingerprint density at radius 3 is 2.50 bits per heavy atom. The maximum atomic E-state index is 12.6. The average Bonchev–Trinajstić information content (AvgIpc) is 3.12. The van der Waals surface area contributed by atoms with Crippen molar-refractivity contribution >= 4 is 36.3 Å². The largest absolute Gasteiger partial charge is 0.790 e. The van der Waals surface area contributed by atoms with Crippen LogP contribution < -0.4 is 10.4 Å². The summed E-state index contributed by atoms with van der Waals surface area (Å²) in [6.45, 7) is 4.70. The van der Waals surface area contributed by atoms with Crippen molar-refractivity contribution in [3.8, 4) is 0 Å². The first-order valence-electron chi connectivity index (χ1n) is 12.9. The van der Waals surface area contributed by atoms with Crippen LogP contribution in [0.2, 0.25) is 0 Å². The summed E-state index contributed by atoms with van der Waals surface area (Å²) < 4.78 is 5.93. The van der Waals surface area contributed by atoms with E-state index < -0.39 is 23.9 Å². The van der Waals surface area contributed by atoms with Gasteiger partial charge in [0.1, 0.15) is 11.9 Å². The lowest BCUT2D eigenvalue weighted by Gasteiger charge is -2.60. The molecule has 0 saturated heterocycles. The lowest BCUT2D eigenvalue weighted by molar-refractivity contribution is -0.307. The van der Waals surface area contributed by atoms with Crippen molar-refractivity contribution in [1.29, 1.82) is 0 Å². The fourth-order valence-corrected chi connectivity index (χ4v) is 8.28. The molecule has 0 unspecified atom stereocenters. The third kappa shape index (κ3) is 4.63. The van der Waals surface area contributed by atoms with Crippen LogP contribution in [-0.2, 0) is 36.5 Å². The molecule has 1 amide bonds. The molecule has 7 nitrogen and oxygen atoms in total. The summed E-state index contributed by atoms with van der Waals surface area (Å²) in [5.41, 5.74) is 0.212. The van der Waals surface area contributed by atoms with E-state index in [1.807, 2.05) is 0 Å². The maximum Gasteiger partial charge on any atom is 0.306 e. The van der Waals surface area contributed by atoms with E-state index in [-0.39, 0.29) is 35.5 Å². The van der Waals surface area contributed by atoms with Crippen molar-refractivity contribution in [2.45, 2.75) is 96.6 Å². The number of fused-ring (bicyclic) bond motifs is 5. The first-order chi connectivity index (χ1) is 16.1. The van der Waals surface area contributed by atoms with Crippen molar-refractivity contribution in [3.05, 3.63) is 0 Å². The number of Topliss-reactive ketones (excluding diaryl/α,β-unsaturated/α-hetero) is 1. The second kappa shape index (κ2) is 9.82. The Morgan fingerprint density at radius 1 is 1.06 bits per heavy atom. The summed E-state index contributed by atoms with van der Waals surface area (Å²) in [5.74, 6) is 0.211. The molecule has 190 valence electrons. The number of aliphatic carboxylic acids is 1. The van der Waals surface area contributed by atoms with Gasteiger partial charge in [-0.3, -0.25) is 14.4 Å². The Labute approximate surface area is 207 Å². The molecule has 0 spiro atoms. The van der Waals surface area contributed by atoms with Crippen molar-refractivity contribution in [2.75, 3.05) is 5.75 Å². The number of carbonyl (C=O) groups excluding carboxylic acids is 4. The van der Waals surface area contributed by atoms with Gasteiger partial charge in [-0.1, -0.05) is 13.8 Å². The third-order valence-corrected chi connectivity index (χ3v) is 10.3. The van der Waals surface area contributed by atoms with Crippen LogP contribution in [0.1, 0.15) is 84.5 Å². The number of hydrogen-bond acceptors (Lipinski definition) is 7. The number of carbonyl (C=O) groups is 4. The van der Waals surface area contributed by atoms with Gasteiger partial charge >= 0.3 is 5.97 Å². The molecule has 1 N–H and O–H groups in total. The molecule has 4 aliphatic carbocycles. The van der Waals surface area contributed by atoms with E-state index in [2.05, 4.69) is 19.2 Å². The summed E-state index contributed by atoms with van der Waals surface area (Å²) in [5, 5.41) is 13.2. The van der Waals surface area contributed by atoms with Gasteiger partial charge in [-0.15, -0.1) is 0 Å². The number of carboxylic acid groups (broad SMARTS) is 1. The number of hydrogen-bond donors (Lipinski definition) is 1. The molecule has 0 radical (unpaired) electrons. The van der Waals surface area contributed by atoms with Gasteiger partial charge in [0.05, 0.1) is 12.4 Å². The number of esters is 1. The zero-order chi connectivity index (χ0) is 24.7. The van der Waals surface area contributed by atoms with Crippen molar-refractivity contribution in [3.63, 3.8) is 0 Å². The highest BCUT2D eigenvalue weighted by atomic mass is 32.1. The fourth-order valence-electron chi connectivity index (χ4n) is 8.06. The average molecular weight is 492 g/mol. The van der Waals surface area contributed by atoms with E-state index in [0.29, 0.717) is 29.5 Å². The maximum absolute atomic E-state index is 12.6. The van der Waals surface area contributed by atoms with Gasteiger partial charge in [-0.2, -0.15) is 5.75 Å². The molecule has 4 fully saturated rings. The van der Waals surface area contributed by atoms with Crippen LogP contribution in [0, 0.1) is 34.5 Å². The number of ketones is 1. The quantitative estimate of drug-likeness (QED) is 0.428. The summed E-state index contributed by atoms with van der Waals surface area (Å²) in [4.78, 5) is 47.6. The topological polar surface area (TPSA) is 113 Å². The van der Waals surface area contributed by atoms with Crippen LogP contribution in [0.3, 0.4) is 0 Å². The number of ether oxygens (including phenoxy) is 1. The molecular weight excluding hydrogens is 454 g/mol. The highest BCUT2D eigenvalue weighted by Crippen LogP contribution is 2.66. The van der Waals surface area contributed by atoms with Crippen LogP contribution in [0.25, 0.3) is 0 Å². The van der Waals surface area contributed by atoms with E-state index in [1.165, 1.54) is 6.42 Å². The van der Waals surface area contributed by atoms with Gasteiger partial charge in [0.25, 0.3) is 0 Å². The summed E-state index contributed by atoms with van der Waals surface area (Å²) in [7, 11) is 0. The van der Waals surface area contributed by atoms with E-state index in [0.717, 1.165) is 51.4 Å². The molecule has 8 heteroatoms. The van der Waals surface area contributed by atoms with Crippen LogP contribution >= 0.6 is 0 Å². The van der Waals surface area contributed by atoms with Crippen LogP contribution in [0.5, 0.6) is 0 Å². The predicted octanol–water partition coefficient (Wildman–Crippen LogP) is 2.07. The molecule has 0 heterocycles. The summed E-state index contributed by atoms with van der Waals surface area (Å²) in [6.07, 6.45) is 8.50. The molecule has 4 aliphatic rings. The minimum atomic E-state index is -1.42. The monoisotopic (exact) mass is 491 g/mol. The Kier molecular flexibility index (Phi) is 7.37. The Morgan fingerprint density at radius 2 is 1.79 bits per heavy atom. The Hall–Kier alpha value is -1.57. The second-order valence-electron chi connectivity index (χ2n) is 11.6. The molecule has 0 aromatic rings. The van der Waals surface area contributed by atoms with Gasteiger partial charge in [0.2, 0.25) is 5.91 Å². The summed E-state index contributed by atoms with van der Waals surface area (Å²) >= 11 is 4.71. The van der Waals surface area contributed by atoms with E-state index in [1.54, 1.807) is 0 Å². The van der Waals surface area contributed by atoms with Crippen LogP contribution in [0.15, 0.2) is 0 Å². The predicted molar refractivity (Wildman–Crippen MR) is 125 cm³/mol. The van der Waals surface area contributed by atoms with Crippen molar-refractivity contribution in [1.82, 2.24) is 5.32 Å². The highest BCUT2D eigenvalue weighted by molar-refractivity contribution is 7.58. The van der Waals surface area contributed by atoms with Crippen molar-refractivity contribution < 1.29 is 29.0 Å². The Balaban J connectivity index is 1.34. The second-order valence-corrected chi connectivity index (χ2v) is 11.9. The third-order valence-electron chi connectivity index (χ3n) is 10.0. The number of nitrogens with one attached hydrogen (secondary N) is 1. The molecule has 0 aromatic heterocycles. The van der Waals surface area contributed by atoms with E-state index in [4.69, 9.17) is 17.4 Å². The molecule has 0 bridgehead atoms. The van der Waals surface area contributed by atoms with Gasteiger partial charge in [0, 0.05) is 30.7 Å². The van der Waals surface area contributed by atoms with Crippen LogP contribution in [0.4, 0.5) is 0 Å². The van der Waals surface area contributed by atoms with Gasteiger partial charge in [-0.05, 0) is 74.0 Å². The number of rotatable bonds is 7. The SMILES string of the molecule is C[C@]12CC[C@@H]3[C@@H](CC[C@H]4CC(=O)CC[C@]43C)[C@H]1CC[C@H]2OC(=O)CCC(=O)N[C@@H](C[S-])C(=O)[O-]. The standard InChI is InChI=1S/C26H39NO6S/c1-25-11-9-16(28)13-15(25)3-4-17-18-5-6-21(26(18,2)12-10-19(17)25)33-23(30)8-7-22(29)27-20(14-34)24(31)32/h15,17-21,34H,3-14H2,1-2H3,(H,27,29)(H,31,32)/p-2/t15-,17-,18+,19+,20-,21+,25+,26-/m0/s1. The first-order valence-corrected chi connectivity index (χ1v) is 13.5. The minimum absolute atomic E-state index is 0.0465. The number of amides is 1. The molecular formula is C26H37NO6S-2. The van der Waals surface area contributed by atoms with Gasteiger partial charge in [-0.25, -0.2) is 0 Å². The lowest BCUT2D eigenvalue weighted by atomic mass is 9.45. The smallest absolute Gasteiger partial charge is 0.306 e. The number of carboxylic acids is 1. The van der Waals surface area contributed by atoms with Gasteiger partial charge in [0.15, 0.2) is 0 Å². The Bertz CT molecular complexity index is 847. The van der Waals surface area contributed by atoms with Gasteiger partial charge < -0.3 is 32.6 Å². The molecule has 4 rings (SSSR count). The van der Waals surface area contributed by atoms with Crippen LogP contribution in [-0.4, -0.2) is 41.5 Å². The van der Waals surface area contributed by atoms with Crippen molar-refractivity contribution in [2.24, 2.45) is 34.5 Å². The normalized spacial score (nSPS) is 39.9.